The molecule has 0 atom stereocenters. The van der Waals surface area contributed by atoms with Gasteiger partial charge in [0, 0.05) is 11.6 Å². The zero-order chi connectivity index (χ0) is 12.5. The van der Waals surface area contributed by atoms with Crippen LogP contribution in [-0.4, -0.2) is 20.2 Å². The third kappa shape index (κ3) is 1.83. The van der Waals surface area contributed by atoms with E-state index < -0.39 is 0 Å². The van der Waals surface area contributed by atoms with Gasteiger partial charge in [-0.05, 0) is 41.5 Å². The minimum absolute atomic E-state index is 0.320. The Labute approximate surface area is 104 Å². The second kappa shape index (κ2) is 4.36. The van der Waals surface area contributed by atoms with Gasteiger partial charge in [0.25, 0.3) is 0 Å². The highest BCUT2D eigenvalue weighted by Crippen LogP contribution is 2.33. The summed E-state index contributed by atoms with van der Waals surface area (Å²) >= 11 is 0. The van der Waals surface area contributed by atoms with Crippen LogP contribution >= 0.6 is 0 Å². The molecule has 6 heteroatoms. The predicted octanol–water partition coefficient (Wildman–Crippen LogP) is 2.04. The van der Waals surface area contributed by atoms with E-state index in [0.29, 0.717) is 17.3 Å². The topological polar surface area (TPSA) is 69.6 Å². The van der Waals surface area contributed by atoms with Crippen LogP contribution in [0.1, 0.15) is 37.4 Å². The number of rotatable bonds is 2. The van der Waals surface area contributed by atoms with E-state index in [4.69, 9.17) is 5.73 Å². The Morgan fingerprint density at radius 2 is 2.06 bits per heavy atom. The number of nitrogens with zero attached hydrogens (tertiary/aromatic N) is 4. The fourth-order valence-electron chi connectivity index (χ4n) is 2.50. The molecule has 1 heterocycles. The van der Waals surface area contributed by atoms with Gasteiger partial charge in [-0.1, -0.05) is 12.8 Å². The smallest absolute Gasteiger partial charge is 0.159 e. The van der Waals surface area contributed by atoms with Crippen molar-refractivity contribution < 1.29 is 4.39 Å². The van der Waals surface area contributed by atoms with E-state index in [1.807, 2.05) is 0 Å². The van der Waals surface area contributed by atoms with Gasteiger partial charge in [0.1, 0.15) is 11.5 Å². The number of aromatic nitrogens is 4. The Bertz CT molecular complexity index is 559. The van der Waals surface area contributed by atoms with Gasteiger partial charge in [0.05, 0.1) is 0 Å². The average Bonchev–Trinajstić information content (AvgIpc) is 3.00. The van der Waals surface area contributed by atoms with Crippen molar-refractivity contribution in [1.29, 1.82) is 0 Å². The highest BCUT2D eigenvalue weighted by atomic mass is 19.1. The van der Waals surface area contributed by atoms with Gasteiger partial charge < -0.3 is 5.73 Å². The van der Waals surface area contributed by atoms with Gasteiger partial charge in [-0.2, -0.15) is 4.68 Å². The molecule has 5 nitrogen and oxygen atoms in total. The van der Waals surface area contributed by atoms with Crippen molar-refractivity contribution >= 4 is 5.69 Å². The number of benzene rings is 1. The number of hydrogen-bond donors (Lipinski definition) is 1. The molecule has 1 aliphatic rings. The largest absolute Gasteiger partial charge is 0.399 e. The summed E-state index contributed by atoms with van der Waals surface area (Å²) in [5.41, 5.74) is 6.51. The molecular weight excluding hydrogens is 233 g/mol. The van der Waals surface area contributed by atoms with E-state index in [9.17, 15) is 4.39 Å². The van der Waals surface area contributed by atoms with Crippen LogP contribution in [0.3, 0.4) is 0 Å². The van der Waals surface area contributed by atoms with Gasteiger partial charge in [-0.25, -0.2) is 4.39 Å². The van der Waals surface area contributed by atoms with Crippen LogP contribution < -0.4 is 5.73 Å². The lowest BCUT2D eigenvalue weighted by atomic mass is 10.1. The fraction of sp³-hybridized carbons (Fsp3) is 0.417. The maximum absolute atomic E-state index is 13.8. The van der Waals surface area contributed by atoms with Crippen molar-refractivity contribution in [2.45, 2.75) is 31.6 Å². The van der Waals surface area contributed by atoms with Crippen molar-refractivity contribution in [1.82, 2.24) is 20.2 Å². The molecule has 0 aliphatic heterocycles. The summed E-state index contributed by atoms with van der Waals surface area (Å²) in [6, 6.07) is 4.42. The van der Waals surface area contributed by atoms with Gasteiger partial charge in [0.15, 0.2) is 5.82 Å². The van der Waals surface area contributed by atoms with Crippen LogP contribution in [0.25, 0.3) is 5.69 Å². The second-order valence-electron chi connectivity index (χ2n) is 4.64. The van der Waals surface area contributed by atoms with E-state index in [2.05, 4.69) is 15.5 Å². The summed E-state index contributed by atoms with van der Waals surface area (Å²) in [5, 5.41) is 11.6. The standard InChI is InChI=1S/C12H14FN5/c13-10-6-5-9(14)7-11(10)18-12(15-16-17-18)8-3-1-2-4-8/h5-8H,1-4,14H2. The van der Waals surface area contributed by atoms with Crippen molar-refractivity contribution in [3.63, 3.8) is 0 Å². The normalized spacial score (nSPS) is 16.3. The molecule has 0 radical (unpaired) electrons. The van der Waals surface area contributed by atoms with Crippen molar-refractivity contribution in [2.24, 2.45) is 0 Å². The van der Waals surface area contributed by atoms with Gasteiger partial charge >= 0.3 is 0 Å². The van der Waals surface area contributed by atoms with Crippen LogP contribution in [0.2, 0.25) is 0 Å². The summed E-state index contributed by atoms with van der Waals surface area (Å²) < 4.78 is 15.3. The highest BCUT2D eigenvalue weighted by molar-refractivity contribution is 5.48. The zero-order valence-corrected chi connectivity index (χ0v) is 9.88. The van der Waals surface area contributed by atoms with E-state index >= 15 is 0 Å². The van der Waals surface area contributed by atoms with Gasteiger partial charge in [-0.3, -0.25) is 0 Å². The summed E-state index contributed by atoms with van der Waals surface area (Å²) in [5.74, 6) is 0.688. The molecule has 0 spiro atoms. The minimum atomic E-state index is -0.365. The Balaban J connectivity index is 2.06. The second-order valence-corrected chi connectivity index (χ2v) is 4.64. The van der Waals surface area contributed by atoms with Crippen LogP contribution in [0, 0.1) is 5.82 Å². The number of hydrogen-bond acceptors (Lipinski definition) is 4. The Morgan fingerprint density at radius 3 is 2.83 bits per heavy atom. The zero-order valence-electron chi connectivity index (χ0n) is 9.88. The number of nitrogens with two attached hydrogens (primary N) is 1. The molecule has 1 fully saturated rings. The van der Waals surface area contributed by atoms with Crippen LogP contribution in [0.5, 0.6) is 0 Å². The lowest BCUT2D eigenvalue weighted by Crippen LogP contribution is -2.09. The summed E-state index contributed by atoms with van der Waals surface area (Å²) in [6.07, 6.45) is 4.47. The molecule has 1 aliphatic carbocycles. The highest BCUT2D eigenvalue weighted by Gasteiger charge is 2.24. The molecular formula is C12H14FN5. The van der Waals surface area contributed by atoms with Crippen LogP contribution in [0.4, 0.5) is 10.1 Å². The Morgan fingerprint density at radius 1 is 1.28 bits per heavy atom. The van der Waals surface area contributed by atoms with E-state index in [1.165, 1.54) is 29.7 Å². The molecule has 0 amide bonds. The molecule has 0 bridgehead atoms. The molecule has 94 valence electrons. The monoisotopic (exact) mass is 247 g/mol. The fourth-order valence-corrected chi connectivity index (χ4v) is 2.50. The maximum Gasteiger partial charge on any atom is 0.159 e. The predicted molar refractivity (Wildman–Crippen MR) is 64.7 cm³/mol. The molecule has 0 saturated heterocycles. The number of anilines is 1. The number of tetrazole rings is 1. The number of nitrogen functional groups attached to an aromatic ring is 1. The van der Waals surface area contributed by atoms with Crippen molar-refractivity contribution in [3.8, 4) is 5.69 Å². The van der Waals surface area contributed by atoms with Crippen LogP contribution in [0.15, 0.2) is 18.2 Å². The summed E-state index contributed by atoms with van der Waals surface area (Å²) in [7, 11) is 0. The number of halogens is 1. The van der Waals surface area contributed by atoms with Crippen molar-refractivity contribution in [3.05, 3.63) is 29.8 Å². The first-order valence-corrected chi connectivity index (χ1v) is 6.09. The molecule has 2 aromatic rings. The molecule has 1 aromatic carbocycles. The first-order valence-electron chi connectivity index (χ1n) is 6.09. The van der Waals surface area contributed by atoms with Gasteiger partial charge in [-0.15, -0.1) is 5.10 Å². The van der Waals surface area contributed by atoms with Crippen molar-refractivity contribution in [2.75, 3.05) is 5.73 Å². The van der Waals surface area contributed by atoms with E-state index in [1.54, 1.807) is 6.07 Å². The lowest BCUT2D eigenvalue weighted by molar-refractivity contribution is 0.586. The lowest BCUT2D eigenvalue weighted by Gasteiger charge is -2.10. The third-order valence-electron chi connectivity index (χ3n) is 3.41. The Kier molecular flexibility index (Phi) is 2.70. The SMILES string of the molecule is Nc1ccc(F)c(-n2nnnc2C2CCCC2)c1. The molecule has 1 saturated carbocycles. The third-order valence-corrected chi connectivity index (χ3v) is 3.41. The molecule has 1 aromatic heterocycles. The van der Waals surface area contributed by atoms with Gasteiger partial charge in [0.2, 0.25) is 0 Å². The molecule has 2 N–H and O–H groups in total. The molecule has 0 unspecified atom stereocenters. The summed E-state index contributed by atoms with van der Waals surface area (Å²) in [4.78, 5) is 0. The quantitative estimate of drug-likeness (QED) is 0.824. The molecule has 18 heavy (non-hydrogen) atoms. The minimum Gasteiger partial charge on any atom is -0.399 e. The maximum atomic E-state index is 13.8. The van der Waals surface area contributed by atoms with Crippen LogP contribution in [-0.2, 0) is 0 Å². The Hall–Kier alpha value is -1.98. The first-order chi connectivity index (χ1) is 8.75. The van der Waals surface area contributed by atoms with E-state index in [-0.39, 0.29) is 5.82 Å². The first kappa shape index (κ1) is 11.1. The summed E-state index contributed by atoms with van der Waals surface area (Å²) in [6.45, 7) is 0. The average molecular weight is 247 g/mol. The molecule has 3 rings (SSSR count). The van der Waals surface area contributed by atoms with E-state index in [0.717, 1.165) is 18.7 Å².